The van der Waals surface area contributed by atoms with Gasteiger partial charge < -0.3 is 15.0 Å². The number of aromatic nitrogens is 2. The van der Waals surface area contributed by atoms with Crippen LogP contribution < -0.4 is 10.5 Å². The normalized spacial score (nSPS) is 19.2. The first-order chi connectivity index (χ1) is 9.72. The van der Waals surface area contributed by atoms with Gasteiger partial charge in [-0.1, -0.05) is 17.3 Å². The molecule has 1 aromatic heterocycles. The lowest BCUT2D eigenvalue weighted by molar-refractivity contribution is 0.205. The molecule has 3 rings (SSSR count). The molecule has 0 spiro atoms. The van der Waals surface area contributed by atoms with E-state index >= 15 is 0 Å². The molecule has 1 aliphatic heterocycles. The number of hydrogen-bond acceptors (Lipinski definition) is 6. The van der Waals surface area contributed by atoms with Crippen LogP contribution in [0.2, 0.25) is 0 Å². The van der Waals surface area contributed by atoms with Crippen LogP contribution in [-0.2, 0) is 6.42 Å². The van der Waals surface area contributed by atoms with E-state index in [2.05, 4.69) is 16.2 Å². The molecule has 2 N–H and O–H groups in total. The summed E-state index contributed by atoms with van der Waals surface area (Å²) in [6.07, 6.45) is 1.40. The van der Waals surface area contributed by atoms with Gasteiger partial charge in [0.05, 0.1) is 0 Å². The van der Waals surface area contributed by atoms with E-state index in [-0.39, 0.29) is 12.1 Å². The van der Waals surface area contributed by atoms with Crippen molar-refractivity contribution in [1.82, 2.24) is 10.1 Å². The molecule has 0 bridgehead atoms. The van der Waals surface area contributed by atoms with Gasteiger partial charge >= 0.3 is 0 Å². The van der Waals surface area contributed by atoms with Crippen molar-refractivity contribution >= 4 is 11.8 Å². The fourth-order valence-electron chi connectivity index (χ4n) is 2.00. The summed E-state index contributed by atoms with van der Waals surface area (Å²) in [7, 11) is 0. The minimum Gasteiger partial charge on any atom is -0.480 e. The molecule has 2 atom stereocenters. The number of fused-ring (bicyclic) bond motifs is 1. The van der Waals surface area contributed by atoms with E-state index in [9.17, 15) is 0 Å². The van der Waals surface area contributed by atoms with Gasteiger partial charge in [0, 0.05) is 23.1 Å². The van der Waals surface area contributed by atoms with Gasteiger partial charge in [-0.05, 0) is 25.5 Å². The molecule has 0 radical (unpaired) electrons. The predicted octanol–water partition coefficient (Wildman–Crippen LogP) is 2.58. The summed E-state index contributed by atoms with van der Waals surface area (Å²) < 4.78 is 11.2. The molecule has 5 nitrogen and oxygen atoms in total. The smallest absolute Gasteiger partial charge is 0.226 e. The molecule has 1 aromatic carbocycles. The van der Waals surface area contributed by atoms with Crippen LogP contribution in [-0.4, -0.2) is 21.9 Å². The summed E-state index contributed by atoms with van der Waals surface area (Å²) in [4.78, 5) is 5.56. The van der Waals surface area contributed by atoms with Crippen LogP contribution in [0.15, 0.2) is 33.7 Å². The van der Waals surface area contributed by atoms with Crippen molar-refractivity contribution in [1.29, 1.82) is 0 Å². The Morgan fingerprint density at radius 1 is 1.45 bits per heavy atom. The molecular weight excluding hydrogens is 274 g/mol. The van der Waals surface area contributed by atoms with E-state index in [0.29, 0.717) is 18.1 Å². The molecule has 2 unspecified atom stereocenters. The number of rotatable bonds is 4. The van der Waals surface area contributed by atoms with E-state index < -0.39 is 0 Å². The Morgan fingerprint density at radius 2 is 2.30 bits per heavy atom. The second kappa shape index (κ2) is 5.85. The van der Waals surface area contributed by atoms with Crippen molar-refractivity contribution in [3.8, 4) is 5.75 Å². The highest BCUT2D eigenvalue weighted by Crippen LogP contribution is 2.39. The Bertz CT molecular complexity index is 585. The fraction of sp³-hybridized carbons (Fsp3) is 0.429. The molecule has 0 aliphatic carbocycles. The number of aryl methyl sites for hydroxylation is 1. The monoisotopic (exact) mass is 291 g/mol. The first kappa shape index (κ1) is 13.5. The van der Waals surface area contributed by atoms with Crippen LogP contribution in [0, 0.1) is 0 Å². The lowest BCUT2D eigenvalue weighted by Crippen LogP contribution is -2.17. The molecule has 106 valence electrons. The van der Waals surface area contributed by atoms with E-state index in [1.807, 2.05) is 25.1 Å². The van der Waals surface area contributed by atoms with Crippen LogP contribution in [0.4, 0.5) is 0 Å². The first-order valence-electron chi connectivity index (χ1n) is 6.69. The maximum atomic E-state index is 5.93. The van der Waals surface area contributed by atoms with Gasteiger partial charge in [-0.15, -0.1) is 11.8 Å². The topological polar surface area (TPSA) is 74.2 Å². The SMILES string of the molecule is CC(N)CCc1nc(C2CSc3ccccc3O2)no1. The average Bonchev–Trinajstić information content (AvgIpc) is 2.93. The zero-order chi connectivity index (χ0) is 13.9. The molecule has 2 heterocycles. The Balaban J connectivity index is 1.69. The van der Waals surface area contributed by atoms with Gasteiger partial charge in [0.2, 0.25) is 11.7 Å². The van der Waals surface area contributed by atoms with Crippen molar-refractivity contribution in [3.63, 3.8) is 0 Å². The first-order valence-corrected chi connectivity index (χ1v) is 7.67. The summed E-state index contributed by atoms with van der Waals surface area (Å²) in [5.74, 6) is 2.93. The highest BCUT2D eigenvalue weighted by Gasteiger charge is 2.25. The zero-order valence-electron chi connectivity index (χ0n) is 11.3. The van der Waals surface area contributed by atoms with Crippen molar-refractivity contribution in [2.24, 2.45) is 5.73 Å². The molecular formula is C14H17N3O2S. The minimum absolute atomic E-state index is 0.138. The summed E-state index contributed by atoms with van der Waals surface area (Å²) in [6, 6.07) is 8.13. The maximum Gasteiger partial charge on any atom is 0.226 e. The van der Waals surface area contributed by atoms with Gasteiger partial charge in [-0.25, -0.2) is 0 Å². The summed E-state index contributed by atoms with van der Waals surface area (Å²) in [5, 5.41) is 4.03. The van der Waals surface area contributed by atoms with Crippen LogP contribution in [0.25, 0.3) is 0 Å². The Kier molecular flexibility index (Phi) is 3.93. The van der Waals surface area contributed by atoms with E-state index in [0.717, 1.165) is 22.8 Å². The van der Waals surface area contributed by atoms with Crippen molar-refractivity contribution in [2.75, 3.05) is 5.75 Å². The molecule has 1 aliphatic rings. The van der Waals surface area contributed by atoms with Gasteiger partial charge in [0.1, 0.15) is 5.75 Å². The fourth-order valence-corrected chi connectivity index (χ4v) is 2.98. The predicted molar refractivity (Wildman–Crippen MR) is 76.8 cm³/mol. The van der Waals surface area contributed by atoms with Crippen LogP contribution >= 0.6 is 11.8 Å². The number of benzene rings is 1. The number of ether oxygens (including phenoxy) is 1. The minimum atomic E-state index is -0.150. The van der Waals surface area contributed by atoms with Crippen LogP contribution in [0.1, 0.15) is 31.2 Å². The Hall–Kier alpha value is -1.53. The standard InChI is InChI=1S/C14H17N3O2S/c1-9(15)6-7-13-16-14(17-19-13)11-8-20-12-5-3-2-4-10(12)18-11/h2-5,9,11H,6-8,15H2,1H3. The second-order valence-electron chi connectivity index (χ2n) is 4.93. The van der Waals surface area contributed by atoms with E-state index in [4.69, 9.17) is 15.0 Å². The van der Waals surface area contributed by atoms with E-state index in [1.165, 1.54) is 0 Å². The summed E-state index contributed by atoms with van der Waals surface area (Å²) >= 11 is 1.75. The van der Waals surface area contributed by atoms with E-state index in [1.54, 1.807) is 11.8 Å². The van der Waals surface area contributed by atoms with Gasteiger partial charge in [-0.3, -0.25) is 0 Å². The van der Waals surface area contributed by atoms with Crippen LogP contribution in [0.3, 0.4) is 0 Å². The van der Waals surface area contributed by atoms with Gasteiger partial charge in [0.15, 0.2) is 6.10 Å². The molecule has 0 amide bonds. The quantitative estimate of drug-likeness (QED) is 0.933. The second-order valence-corrected chi connectivity index (χ2v) is 5.99. The molecule has 0 saturated carbocycles. The van der Waals surface area contributed by atoms with Gasteiger partial charge in [-0.2, -0.15) is 4.98 Å². The van der Waals surface area contributed by atoms with Crippen molar-refractivity contribution in [3.05, 3.63) is 36.0 Å². The third kappa shape index (κ3) is 2.96. The maximum absolute atomic E-state index is 5.93. The largest absolute Gasteiger partial charge is 0.480 e. The lowest BCUT2D eigenvalue weighted by atomic mass is 10.2. The molecule has 0 fully saturated rings. The zero-order valence-corrected chi connectivity index (χ0v) is 12.1. The molecule has 20 heavy (non-hydrogen) atoms. The third-order valence-electron chi connectivity index (χ3n) is 3.09. The van der Waals surface area contributed by atoms with Crippen LogP contribution in [0.5, 0.6) is 5.75 Å². The lowest BCUT2D eigenvalue weighted by Gasteiger charge is -2.22. The molecule has 6 heteroatoms. The number of thioether (sulfide) groups is 1. The summed E-state index contributed by atoms with van der Waals surface area (Å²) in [6.45, 7) is 1.97. The molecule has 2 aromatic rings. The average molecular weight is 291 g/mol. The van der Waals surface area contributed by atoms with Gasteiger partial charge in [0.25, 0.3) is 0 Å². The highest BCUT2D eigenvalue weighted by molar-refractivity contribution is 7.99. The third-order valence-corrected chi connectivity index (χ3v) is 4.21. The Labute approximate surface area is 121 Å². The highest BCUT2D eigenvalue weighted by atomic mass is 32.2. The molecule has 0 saturated heterocycles. The number of hydrogen-bond donors (Lipinski definition) is 1. The number of para-hydroxylation sites is 1. The number of nitrogens with zero attached hydrogens (tertiary/aromatic N) is 2. The summed E-state index contributed by atoms with van der Waals surface area (Å²) in [5.41, 5.74) is 5.73. The van der Waals surface area contributed by atoms with Crippen molar-refractivity contribution < 1.29 is 9.26 Å². The number of nitrogens with two attached hydrogens (primary N) is 1. The Morgan fingerprint density at radius 3 is 3.15 bits per heavy atom. The van der Waals surface area contributed by atoms with Crippen molar-refractivity contribution in [2.45, 2.75) is 36.8 Å².